The molecular formula is C26H27FN4O3. The van der Waals surface area contributed by atoms with Crippen LogP contribution in [-0.4, -0.2) is 46.5 Å². The first kappa shape index (κ1) is 22.3. The Morgan fingerprint density at radius 1 is 1.06 bits per heavy atom. The van der Waals surface area contributed by atoms with Crippen molar-refractivity contribution in [3.05, 3.63) is 65.3 Å². The number of rotatable bonds is 4. The fourth-order valence-electron chi connectivity index (χ4n) is 4.74. The number of piperidine rings is 1. The van der Waals surface area contributed by atoms with E-state index >= 15 is 0 Å². The minimum Gasteiger partial charge on any atom is -0.342 e. The number of carbonyl (C=O) groups excluding carboxylic acids is 2. The minimum atomic E-state index is -0.320. The Balaban J connectivity index is 1.19. The van der Waals surface area contributed by atoms with Crippen molar-refractivity contribution in [2.75, 3.05) is 24.5 Å². The van der Waals surface area contributed by atoms with Gasteiger partial charge in [0.25, 0.3) is 0 Å². The molecule has 2 aromatic carbocycles. The van der Waals surface area contributed by atoms with Gasteiger partial charge in [0, 0.05) is 43.2 Å². The first-order valence-corrected chi connectivity index (χ1v) is 11.6. The minimum absolute atomic E-state index is 0.00401. The maximum Gasteiger partial charge on any atom is 0.230 e. The molecule has 1 unspecified atom stereocenters. The van der Waals surface area contributed by atoms with Gasteiger partial charge in [-0.25, -0.2) is 4.39 Å². The number of aryl methyl sites for hydroxylation is 2. The summed E-state index contributed by atoms with van der Waals surface area (Å²) in [4.78, 5) is 33.9. The average molecular weight is 463 g/mol. The molecule has 0 radical (unpaired) electrons. The molecule has 5 rings (SSSR count). The summed E-state index contributed by atoms with van der Waals surface area (Å²) in [6, 6.07) is 11.9. The number of likely N-dealkylation sites (tertiary alicyclic amines) is 1. The van der Waals surface area contributed by atoms with E-state index in [2.05, 4.69) is 10.1 Å². The molecule has 2 aliphatic heterocycles. The first-order chi connectivity index (χ1) is 16.4. The lowest BCUT2D eigenvalue weighted by Gasteiger charge is -2.32. The van der Waals surface area contributed by atoms with E-state index in [1.807, 2.05) is 36.9 Å². The molecule has 1 aromatic heterocycles. The molecule has 0 aliphatic carbocycles. The SMILES string of the molecule is Cc1ccc(N2CC(C(=O)N3CCC(c4nc(-c5ccc(F)cc5)no4)CC3)CC2=O)cc1C. The molecule has 3 aromatic rings. The molecule has 0 spiro atoms. The van der Waals surface area contributed by atoms with Gasteiger partial charge in [-0.2, -0.15) is 4.98 Å². The van der Waals surface area contributed by atoms with Crippen molar-refractivity contribution in [1.82, 2.24) is 15.0 Å². The van der Waals surface area contributed by atoms with Crippen LogP contribution in [0.2, 0.25) is 0 Å². The molecule has 0 bridgehead atoms. The van der Waals surface area contributed by atoms with Crippen LogP contribution < -0.4 is 4.90 Å². The normalized spacial score (nSPS) is 19.1. The second kappa shape index (κ2) is 9.00. The zero-order valence-electron chi connectivity index (χ0n) is 19.3. The quantitative estimate of drug-likeness (QED) is 0.579. The van der Waals surface area contributed by atoms with Crippen molar-refractivity contribution in [1.29, 1.82) is 0 Å². The van der Waals surface area contributed by atoms with Gasteiger partial charge >= 0.3 is 0 Å². The molecular weight excluding hydrogens is 435 g/mol. The van der Waals surface area contributed by atoms with Crippen LogP contribution in [0.4, 0.5) is 10.1 Å². The molecule has 0 N–H and O–H groups in total. The molecule has 1 atom stereocenters. The number of aromatic nitrogens is 2. The van der Waals surface area contributed by atoms with E-state index in [1.54, 1.807) is 17.0 Å². The van der Waals surface area contributed by atoms with Crippen LogP contribution in [0.25, 0.3) is 11.4 Å². The second-order valence-corrected chi connectivity index (χ2v) is 9.24. The lowest BCUT2D eigenvalue weighted by atomic mass is 9.95. The van der Waals surface area contributed by atoms with Crippen LogP contribution in [0.1, 0.15) is 42.2 Å². The lowest BCUT2D eigenvalue weighted by molar-refractivity contribution is -0.136. The van der Waals surface area contributed by atoms with Crippen molar-refractivity contribution in [3.63, 3.8) is 0 Å². The molecule has 2 fully saturated rings. The zero-order chi connectivity index (χ0) is 23.8. The summed E-state index contributed by atoms with van der Waals surface area (Å²) in [5.41, 5.74) is 3.86. The Kier molecular flexibility index (Phi) is 5.89. The monoisotopic (exact) mass is 462 g/mol. The summed E-state index contributed by atoms with van der Waals surface area (Å²) in [7, 11) is 0. The Hall–Kier alpha value is -3.55. The summed E-state index contributed by atoms with van der Waals surface area (Å²) in [6.07, 6.45) is 1.69. The summed E-state index contributed by atoms with van der Waals surface area (Å²) >= 11 is 0. The maximum atomic E-state index is 13.2. The molecule has 8 heteroatoms. The van der Waals surface area contributed by atoms with E-state index in [4.69, 9.17) is 4.52 Å². The Bertz CT molecular complexity index is 1220. The van der Waals surface area contributed by atoms with Crippen molar-refractivity contribution >= 4 is 17.5 Å². The molecule has 34 heavy (non-hydrogen) atoms. The average Bonchev–Trinajstić information content (AvgIpc) is 3.48. The summed E-state index contributed by atoms with van der Waals surface area (Å²) in [5, 5.41) is 4.03. The molecule has 2 aliphatic rings. The van der Waals surface area contributed by atoms with Crippen molar-refractivity contribution in [3.8, 4) is 11.4 Å². The highest BCUT2D eigenvalue weighted by Gasteiger charge is 2.38. The van der Waals surface area contributed by atoms with Crippen molar-refractivity contribution < 1.29 is 18.5 Å². The number of amides is 2. The van der Waals surface area contributed by atoms with E-state index in [9.17, 15) is 14.0 Å². The number of carbonyl (C=O) groups is 2. The number of hydrogen-bond acceptors (Lipinski definition) is 5. The molecule has 3 heterocycles. The van der Waals surface area contributed by atoms with Gasteiger partial charge in [0.15, 0.2) is 0 Å². The Morgan fingerprint density at radius 2 is 1.79 bits per heavy atom. The molecule has 2 saturated heterocycles. The summed E-state index contributed by atoms with van der Waals surface area (Å²) in [5.74, 6) is 0.451. The van der Waals surface area contributed by atoms with E-state index < -0.39 is 0 Å². The third kappa shape index (κ3) is 4.32. The lowest BCUT2D eigenvalue weighted by Crippen LogP contribution is -2.42. The predicted octanol–water partition coefficient (Wildman–Crippen LogP) is 4.25. The fourth-order valence-corrected chi connectivity index (χ4v) is 4.74. The highest BCUT2D eigenvalue weighted by atomic mass is 19.1. The Labute approximate surface area is 197 Å². The molecule has 176 valence electrons. The largest absolute Gasteiger partial charge is 0.342 e. The summed E-state index contributed by atoms with van der Waals surface area (Å²) < 4.78 is 18.6. The topological polar surface area (TPSA) is 79.5 Å². The van der Waals surface area contributed by atoms with Gasteiger partial charge in [-0.05, 0) is 74.2 Å². The van der Waals surface area contributed by atoms with Crippen LogP contribution in [0, 0.1) is 25.6 Å². The molecule has 0 saturated carbocycles. The number of anilines is 1. The van der Waals surface area contributed by atoms with Gasteiger partial charge in [-0.15, -0.1) is 0 Å². The summed E-state index contributed by atoms with van der Waals surface area (Å²) in [6.45, 7) is 5.67. The third-order valence-corrected chi connectivity index (χ3v) is 6.98. The second-order valence-electron chi connectivity index (χ2n) is 9.24. The van der Waals surface area contributed by atoms with Crippen LogP contribution in [0.3, 0.4) is 0 Å². The highest BCUT2D eigenvalue weighted by molar-refractivity contribution is 6.00. The predicted molar refractivity (Wildman–Crippen MR) is 125 cm³/mol. The van der Waals surface area contributed by atoms with E-state index in [0.717, 1.165) is 24.1 Å². The van der Waals surface area contributed by atoms with Gasteiger partial charge in [0.1, 0.15) is 5.82 Å². The zero-order valence-corrected chi connectivity index (χ0v) is 19.3. The van der Waals surface area contributed by atoms with E-state index in [0.29, 0.717) is 36.9 Å². The van der Waals surface area contributed by atoms with Gasteiger partial charge in [-0.1, -0.05) is 11.2 Å². The number of hydrogen-bond donors (Lipinski definition) is 0. The van der Waals surface area contributed by atoms with Gasteiger partial charge in [0.05, 0.1) is 5.92 Å². The van der Waals surface area contributed by atoms with Gasteiger partial charge < -0.3 is 14.3 Å². The van der Waals surface area contributed by atoms with Crippen LogP contribution in [0.5, 0.6) is 0 Å². The van der Waals surface area contributed by atoms with Crippen LogP contribution >= 0.6 is 0 Å². The van der Waals surface area contributed by atoms with E-state index in [1.165, 1.54) is 17.7 Å². The van der Waals surface area contributed by atoms with Crippen molar-refractivity contribution in [2.24, 2.45) is 5.92 Å². The number of halogens is 1. The smallest absolute Gasteiger partial charge is 0.230 e. The molecule has 7 nitrogen and oxygen atoms in total. The highest BCUT2D eigenvalue weighted by Crippen LogP contribution is 2.32. The molecule has 2 amide bonds. The number of nitrogens with zero attached hydrogens (tertiary/aromatic N) is 4. The van der Waals surface area contributed by atoms with Crippen LogP contribution in [-0.2, 0) is 9.59 Å². The fraction of sp³-hybridized carbons (Fsp3) is 0.385. The third-order valence-electron chi connectivity index (χ3n) is 6.98. The maximum absolute atomic E-state index is 13.2. The van der Waals surface area contributed by atoms with Gasteiger partial charge in [0.2, 0.25) is 23.5 Å². The number of benzene rings is 2. The van der Waals surface area contributed by atoms with Gasteiger partial charge in [-0.3, -0.25) is 9.59 Å². The first-order valence-electron chi connectivity index (χ1n) is 11.6. The standard InChI is InChI=1S/C26H27FN4O3/c1-16-3-8-22(13-17(16)2)31-15-20(14-23(31)32)26(33)30-11-9-19(10-12-30)25-28-24(29-34-25)18-4-6-21(27)7-5-18/h3-8,13,19-20H,9-12,14-15H2,1-2H3. The van der Waals surface area contributed by atoms with E-state index in [-0.39, 0.29) is 35.9 Å². The van der Waals surface area contributed by atoms with Crippen LogP contribution in [0.15, 0.2) is 47.0 Å². The van der Waals surface area contributed by atoms with Crippen molar-refractivity contribution in [2.45, 2.75) is 39.0 Å². The Morgan fingerprint density at radius 3 is 2.50 bits per heavy atom.